The lowest BCUT2D eigenvalue weighted by molar-refractivity contribution is 0.594. The Morgan fingerprint density at radius 1 is 1.40 bits per heavy atom. The zero-order chi connectivity index (χ0) is 8.58. The minimum absolute atomic E-state index is 1.13. The van der Waals surface area contributed by atoms with E-state index in [2.05, 4.69) is 0 Å². The molecule has 1 unspecified atom stereocenters. The van der Waals surface area contributed by atoms with Crippen LogP contribution < -0.4 is 0 Å². The maximum Gasteiger partial charge on any atom is 0.254 e. The lowest BCUT2D eigenvalue weighted by Gasteiger charge is -2.18. The molecule has 0 fully saturated rings. The fourth-order valence-electron chi connectivity index (χ4n) is 0.106. The second kappa shape index (κ2) is 3.23. The number of rotatable bonds is 2. The van der Waals surface area contributed by atoms with Crippen molar-refractivity contribution in [3.8, 4) is 0 Å². The monoisotopic (exact) mass is 244 g/mol. The quantitative estimate of drug-likeness (QED) is 0.553. The zero-order valence-electron chi connectivity index (χ0n) is 4.81. The molecule has 0 aromatic heterocycles. The predicted octanol–water partition coefficient (Wildman–Crippen LogP) is 2.31. The van der Waals surface area contributed by atoms with Crippen molar-refractivity contribution >= 4 is 54.5 Å². The van der Waals surface area contributed by atoms with Crippen molar-refractivity contribution in [1.82, 2.24) is 0 Å². The van der Waals surface area contributed by atoms with Crippen LogP contribution in [0.25, 0.3) is 0 Å². The van der Waals surface area contributed by atoms with Crippen LogP contribution in [0.3, 0.4) is 0 Å². The maximum atomic E-state index is 10.6. The number of hydrogen-bond acceptors (Lipinski definition) is 2. The van der Waals surface area contributed by atoms with Crippen LogP contribution in [0, 0.1) is 0 Å². The summed E-state index contributed by atoms with van der Waals surface area (Å²) in [4.78, 5) is -1.25. The fraction of sp³-hybridized carbons (Fsp3) is 1.00. The molecular weight excluding hydrogens is 242 g/mol. The van der Waals surface area contributed by atoms with Crippen LogP contribution in [-0.2, 0) is 9.05 Å². The molecule has 0 saturated carbocycles. The van der Waals surface area contributed by atoms with E-state index in [1.165, 1.54) is 0 Å². The third-order valence-corrected chi connectivity index (χ3v) is 5.44. The summed E-state index contributed by atoms with van der Waals surface area (Å²) >= 11 is 15.8. The Kier molecular flexibility index (Phi) is 3.59. The highest BCUT2D eigenvalue weighted by Crippen LogP contribution is 2.35. The van der Waals surface area contributed by atoms with E-state index in [1.54, 1.807) is 0 Å². The Morgan fingerprint density at radius 2 is 1.70 bits per heavy atom. The van der Waals surface area contributed by atoms with E-state index in [-0.39, 0.29) is 0 Å². The van der Waals surface area contributed by atoms with Crippen molar-refractivity contribution in [3.63, 3.8) is 0 Å². The van der Waals surface area contributed by atoms with Gasteiger partial charge in [0, 0.05) is 10.7 Å². The highest BCUT2D eigenvalue weighted by molar-refractivity contribution is 8.15. The molecule has 0 N–H and O–H groups in total. The van der Waals surface area contributed by atoms with E-state index in [0.717, 1.165) is 6.92 Å². The highest BCUT2D eigenvalue weighted by atomic mass is 35.7. The molecule has 0 aromatic rings. The lowest BCUT2D eigenvalue weighted by atomic mass is 10.5. The van der Waals surface area contributed by atoms with Gasteiger partial charge >= 0.3 is 0 Å². The van der Waals surface area contributed by atoms with Crippen LogP contribution in [0.4, 0.5) is 0 Å². The molecule has 0 aliphatic carbocycles. The van der Waals surface area contributed by atoms with E-state index in [9.17, 15) is 8.42 Å². The summed E-state index contributed by atoms with van der Waals surface area (Å²) in [6.07, 6.45) is 0. The molecule has 0 aliphatic rings. The summed E-state index contributed by atoms with van der Waals surface area (Å²) in [6.45, 7) is 1.13. The molecule has 0 spiro atoms. The summed E-state index contributed by atoms with van der Waals surface area (Å²) in [6, 6.07) is 0. The predicted molar refractivity (Wildman–Crippen MR) is 44.5 cm³/mol. The first-order valence-corrected chi connectivity index (χ1v) is 5.67. The first kappa shape index (κ1) is 11.1. The first-order chi connectivity index (χ1) is 4.19. The van der Waals surface area contributed by atoms with Crippen molar-refractivity contribution in [2.75, 3.05) is 0 Å². The average Bonchev–Trinajstić information content (AvgIpc) is 1.62. The minimum Gasteiger partial charge on any atom is -0.210 e. The van der Waals surface area contributed by atoms with Gasteiger partial charge < -0.3 is 0 Å². The van der Waals surface area contributed by atoms with E-state index < -0.39 is 18.1 Å². The van der Waals surface area contributed by atoms with Crippen LogP contribution in [0.15, 0.2) is 0 Å². The van der Waals surface area contributed by atoms with Gasteiger partial charge in [-0.25, -0.2) is 8.42 Å². The van der Waals surface area contributed by atoms with Crippen molar-refractivity contribution < 1.29 is 8.42 Å². The largest absolute Gasteiger partial charge is 0.254 e. The van der Waals surface area contributed by atoms with Gasteiger partial charge in [0.05, 0.1) is 0 Å². The van der Waals surface area contributed by atoms with Gasteiger partial charge in [0.1, 0.15) is 4.84 Å². The number of halogens is 4. The van der Waals surface area contributed by atoms with Gasteiger partial charge in [0.2, 0.25) is 0 Å². The summed E-state index contributed by atoms with van der Waals surface area (Å²) in [5, 5.41) is 0. The third kappa shape index (κ3) is 2.31. The van der Waals surface area contributed by atoms with Crippen LogP contribution in [0.5, 0.6) is 0 Å². The SMILES string of the molecule is CC(Cl)(C(Cl)Cl)S(=O)(=O)Cl. The molecule has 0 aromatic carbocycles. The maximum absolute atomic E-state index is 10.6. The molecule has 0 bridgehead atoms. The van der Waals surface area contributed by atoms with Gasteiger partial charge in [-0.1, -0.05) is 11.6 Å². The molecule has 10 heavy (non-hydrogen) atoms. The molecule has 0 rings (SSSR count). The summed E-state index contributed by atoms with van der Waals surface area (Å²) in [7, 11) is 0.963. The molecule has 2 nitrogen and oxygen atoms in total. The van der Waals surface area contributed by atoms with Crippen LogP contribution in [0.2, 0.25) is 0 Å². The molecule has 0 heterocycles. The lowest BCUT2D eigenvalue weighted by Crippen LogP contribution is -2.31. The average molecular weight is 246 g/mol. The fourth-order valence-corrected chi connectivity index (χ4v) is 1.56. The van der Waals surface area contributed by atoms with Crippen LogP contribution in [0.1, 0.15) is 6.92 Å². The second-order valence-corrected chi connectivity index (χ2v) is 6.77. The van der Waals surface area contributed by atoms with Crippen molar-refractivity contribution in [2.45, 2.75) is 16.0 Å². The Morgan fingerprint density at radius 3 is 1.70 bits per heavy atom. The standard InChI is InChI=1S/C3H4Cl4O2S/c1-3(6,2(4)5)10(7,8)9/h2H,1H3. The van der Waals surface area contributed by atoms with Crippen molar-refractivity contribution in [2.24, 2.45) is 0 Å². The number of hydrogen-bond donors (Lipinski definition) is 0. The molecular formula is C3H4Cl4O2S. The minimum atomic E-state index is -3.93. The molecule has 0 aliphatic heterocycles. The zero-order valence-corrected chi connectivity index (χ0v) is 8.65. The van der Waals surface area contributed by atoms with E-state index in [1.807, 2.05) is 0 Å². The van der Waals surface area contributed by atoms with Gasteiger partial charge in [-0.2, -0.15) is 0 Å². The van der Waals surface area contributed by atoms with E-state index in [0.29, 0.717) is 0 Å². The van der Waals surface area contributed by atoms with Gasteiger partial charge in [0.15, 0.2) is 4.21 Å². The van der Waals surface area contributed by atoms with Crippen LogP contribution >= 0.6 is 45.5 Å². The molecule has 0 saturated heterocycles. The Bertz CT molecular complexity index is 207. The normalized spacial score (nSPS) is 19.0. The van der Waals surface area contributed by atoms with Crippen LogP contribution in [-0.4, -0.2) is 17.5 Å². The Hall–Kier alpha value is 1.11. The molecule has 7 heteroatoms. The highest BCUT2D eigenvalue weighted by Gasteiger charge is 2.42. The van der Waals surface area contributed by atoms with E-state index >= 15 is 0 Å². The third-order valence-electron chi connectivity index (χ3n) is 0.867. The van der Waals surface area contributed by atoms with Gasteiger partial charge in [0.25, 0.3) is 9.05 Å². The van der Waals surface area contributed by atoms with Crippen molar-refractivity contribution in [1.29, 1.82) is 0 Å². The topological polar surface area (TPSA) is 34.1 Å². The number of alkyl halides is 3. The second-order valence-electron chi connectivity index (χ2n) is 1.72. The Labute approximate surface area is 78.8 Å². The van der Waals surface area contributed by atoms with E-state index in [4.69, 9.17) is 45.5 Å². The van der Waals surface area contributed by atoms with Gasteiger partial charge in [-0.3, -0.25) is 0 Å². The summed E-state index contributed by atoms with van der Waals surface area (Å²) < 4.78 is 19.3. The van der Waals surface area contributed by atoms with Gasteiger partial charge in [-0.15, -0.1) is 23.2 Å². The van der Waals surface area contributed by atoms with Gasteiger partial charge in [-0.05, 0) is 6.92 Å². The molecule has 1 atom stereocenters. The first-order valence-electron chi connectivity index (χ1n) is 2.11. The Balaban J connectivity index is 4.76. The molecule has 0 amide bonds. The molecule has 62 valence electrons. The summed E-state index contributed by atoms with van der Waals surface area (Å²) in [5.41, 5.74) is 0. The van der Waals surface area contributed by atoms with Crippen molar-refractivity contribution in [3.05, 3.63) is 0 Å². The summed E-state index contributed by atoms with van der Waals surface area (Å²) in [5.74, 6) is 0. The molecule has 0 radical (unpaired) electrons. The smallest absolute Gasteiger partial charge is 0.210 e.